The minimum Gasteiger partial charge on any atom is -0.481 e. The Labute approximate surface area is 663 Å². The second-order valence-corrected chi connectivity index (χ2v) is 30.3. The number of para-hydroxylation sites is 1. The first-order valence-corrected chi connectivity index (χ1v) is 39.2. The van der Waals surface area contributed by atoms with Gasteiger partial charge in [0.25, 0.3) is 0 Å². The number of carbonyl (C=O) groups excluding carboxylic acids is 15. The lowest BCUT2D eigenvalue weighted by Gasteiger charge is -2.29. The number of H-pyrrole nitrogens is 2. The maximum absolute atomic E-state index is 15.1. The number of aliphatic carboxylic acids is 1. The highest BCUT2D eigenvalue weighted by Gasteiger charge is 2.39. The van der Waals surface area contributed by atoms with E-state index in [1.54, 1.807) is 74.5 Å². The van der Waals surface area contributed by atoms with E-state index in [4.69, 9.17) is 22.6 Å². The molecule has 3 aromatic carbocycles. The lowest BCUT2D eigenvalue weighted by molar-refractivity contribution is -0.141. The molecule has 14 atom stereocenters. The van der Waals surface area contributed by atoms with Gasteiger partial charge in [0.05, 0.1) is 31.1 Å². The molecule has 3 heterocycles. The molecule has 114 heavy (non-hydrogen) atoms. The number of aromatic nitrogens is 3. The molecule has 5 aromatic rings. The Hall–Kier alpha value is -11.9. The monoisotopic (exact) mass is 1620 g/mol. The van der Waals surface area contributed by atoms with Crippen molar-refractivity contribution in [3.8, 4) is 0 Å². The average molecular weight is 1620 g/mol. The third-order valence-corrected chi connectivity index (χ3v) is 20.8. The van der Waals surface area contributed by atoms with Crippen molar-refractivity contribution in [2.45, 2.75) is 185 Å². The molecular weight excluding hydrogens is 1520 g/mol. The fourth-order valence-electron chi connectivity index (χ4n) is 11.9. The van der Waals surface area contributed by atoms with E-state index in [9.17, 15) is 72.5 Å². The van der Waals surface area contributed by atoms with E-state index in [-0.39, 0.29) is 44.3 Å². The van der Waals surface area contributed by atoms with Crippen LogP contribution in [0.15, 0.2) is 85.5 Å². The van der Waals surface area contributed by atoms with Gasteiger partial charge in [-0.15, -0.1) is 0 Å². The standard InChI is InChI=1S/C73H101N21O18S2/c1-8-36(4)59(84-39(7)96)72(112)92-54-33-114-113-32-53(70(110)94-60(38(6)95)61(75)101)91-64(104)47(18-13-23-79-73(76)77)85-67(107)51(27-44-30-78-34-82-44)87-62(102)37(5)83-56(98)31-81-63(103)50(26-43-29-80-46-17-12-11-16-45(43)46)88-68(108)52(28-57(99)100)89-65(105)48(21-22-55(74)97)86-66(106)49(90-71(111)58(35(2)3)93-69(54)109)25-40-19-20-41-14-9-10-15-42(41)24-40/h9-12,14-17,19-20,24,29-30,34-38,47-54,58-60,80,95H,8,13,18,21-23,25-28,31-33H2,1-7H3,(H2,74,97)(H2,75,101)(H,78,82)(H,81,103)(H,83,98)(H,84,96)(H,85,107)(H,86,106)(H,87,102)(H,88,108)(H,89,105)(H,90,111)(H,91,104)(H,92,112)(H,93,109)(H,94,110)(H,99,100)(H4,76,77,79)/t36-,37-,38+,47-,48-,49-,50-,51-,52-,53-,54-,58-,59-,60-/m0/s1. The lowest BCUT2D eigenvalue weighted by Crippen LogP contribution is -2.61. The largest absolute Gasteiger partial charge is 0.481 e. The number of nitrogens with zero attached hydrogens (tertiary/aromatic N) is 1. The molecule has 618 valence electrons. The topological polar surface area (TPSA) is 628 Å². The summed E-state index contributed by atoms with van der Waals surface area (Å²) in [5.41, 5.74) is 18.4. The molecule has 0 radical (unpaired) electrons. The number of aliphatic hydroxyl groups is 1. The minimum atomic E-state index is -2.06. The fraction of sp³-hybridized carbons (Fsp3) is 0.479. The second kappa shape index (κ2) is 44.4. The van der Waals surface area contributed by atoms with E-state index >= 15 is 14.4 Å². The van der Waals surface area contributed by atoms with Crippen LogP contribution in [0.2, 0.25) is 0 Å². The van der Waals surface area contributed by atoms with Gasteiger partial charge in [0.1, 0.15) is 72.5 Å². The van der Waals surface area contributed by atoms with Gasteiger partial charge in [-0.3, -0.25) is 82.1 Å². The molecule has 0 bridgehead atoms. The van der Waals surface area contributed by atoms with Crippen LogP contribution in [-0.4, -0.2) is 229 Å². The Bertz CT molecular complexity index is 4300. The van der Waals surface area contributed by atoms with Gasteiger partial charge in [0, 0.05) is 74.0 Å². The summed E-state index contributed by atoms with van der Waals surface area (Å²) in [4.78, 5) is 236. The zero-order chi connectivity index (χ0) is 84.0. The van der Waals surface area contributed by atoms with Crippen LogP contribution in [0.1, 0.15) is 104 Å². The van der Waals surface area contributed by atoms with E-state index in [0.29, 0.717) is 33.8 Å². The van der Waals surface area contributed by atoms with Crippen molar-refractivity contribution >= 4 is 144 Å². The van der Waals surface area contributed by atoms with Gasteiger partial charge in [-0.1, -0.05) is 116 Å². The molecule has 0 spiro atoms. The normalized spacial score (nSPS) is 22.5. The van der Waals surface area contributed by atoms with Crippen LogP contribution in [0.3, 0.4) is 0 Å². The van der Waals surface area contributed by atoms with Gasteiger partial charge in [-0.05, 0) is 72.9 Å². The van der Waals surface area contributed by atoms with Crippen molar-refractivity contribution in [3.63, 3.8) is 0 Å². The van der Waals surface area contributed by atoms with Gasteiger partial charge in [0.2, 0.25) is 88.6 Å². The maximum Gasteiger partial charge on any atom is 0.305 e. The van der Waals surface area contributed by atoms with Crippen molar-refractivity contribution in [1.29, 1.82) is 5.41 Å². The van der Waals surface area contributed by atoms with Crippen LogP contribution in [0.4, 0.5) is 0 Å². The number of carboxylic acid groups (broad SMARTS) is 1. The number of carbonyl (C=O) groups is 16. The number of benzene rings is 3. The number of amides is 15. The van der Waals surface area contributed by atoms with E-state index in [0.717, 1.165) is 33.9 Å². The van der Waals surface area contributed by atoms with Crippen LogP contribution in [0.25, 0.3) is 21.7 Å². The molecular formula is C73H101N21O18S2. The SMILES string of the molecule is CC[C@H](C)[C@H](NC(C)=O)C(=O)N[C@H]1CSSC[C@@H](C(=O)N[C@H](C(N)=O)[C@@H](C)O)NC(=O)[C@H](CCCNC(=N)N)NC(=O)[C@H](Cc2c[nH]cn2)NC(=O)[C@H](C)NC(=O)CNC(=O)[C@H](Cc2c[nH]c3ccccc23)NC(=O)[C@H](CC(=O)O)NC(=O)[C@H](CCC(N)=O)NC(=O)[C@H](Cc2ccc3ccccc3c2)NC(=O)[C@H](C(C)C)NC1=O. The van der Waals surface area contributed by atoms with Crippen LogP contribution < -0.4 is 91.6 Å². The van der Waals surface area contributed by atoms with Gasteiger partial charge in [-0.25, -0.2) is 4.98 Å². The number of nitrogens with one attached hydrogen (secondary N) is 17. The number of aliphatic hydroxyl groups excluding tert-OH is 1. The lowest BCUT2D eigenvalue weighted by atomic mass is 9.97. The number of carboxylic acids is 1. The summed E-state index contributed by atoms with van der Waals surface area (Å²) in [6.07, 6.45) is -0.687. The van der Waals surface area contributed by atoms with Crippen molar-refractivity contribution in [2.75, 3.05) is 24.6 Å². The number of nitrogens with two attached hydrogens (primary N) is 3. The highest BCUT2D eigenvalue weighted by Crippen LogP contribution is 2.25. The number of imidazole rings is 1. The van der Waals surface area contributed by atoms with Crippen molar-refractivity contribution in [3.05, 3.63) is 102 Å². The molecule has 1 aliphatic heterocycles. The summed E-state index contributed by atoms with van der Waals surface area (Å²) in [5, 5.41) is 65.9. The van der Waals surface area contributed by atoms with Gasteiger partial charge in [0.15, 0.2) is 5.96 Å². The Morgan fingerprint density at radius 2 is 1.24 bits per heavy atom. The molecule has 41 heteroatoms. The third kappa shape index (κ3) is 28.7. The number of primary amides is 2. The summed E-state index contributed by atoms with van der Waals surface area (Å²) >= 11 is 0. The molecule has 15 amide bonds. The highest BCUT2D eigenvalue weighted by molar-refractivity contribution is 8.76. The Balaban J connectivity index is 1.48. The Morgan fingerprint density at radius 1 is 0.640 bits per heavy atom. The first-order chi connectivity index (χ1) is 54.0. The number of guanidine groups is 1. The average Bonchev–Trinajstić information content (AvgIpc) is 1.46. The van der Waals surface area contributed by atoms with Crippen molar-refractivity contribution < 1.29 is 86.9 Å². The zero-order valence-corrected chi connectivity index (χ0v) is 65.5. The summed E-state index contributed by atoms with van der Waals surface area (Å²) < 4.78 is 0. The molecule has 1 fully saturated rings. The summed E-state index contributed by atoms with van der Waals surface area (Å²) in [6, 6.07) is -0.811. The van der Waals surface area contributed by atoms with Gasteiger partial charge in [-0.2, -0.15) is 0 Å². The van der Waals surface area contributed by atoms with E-state index in [1.165, 1.54) is 46.4 Å². The molecule has 2 aromatic heterocycles. The highest BCUT2D eigenvalue weighted by atomic mass is 33.1. The number of fused-ring (bicyclic) bond motifs is 2. The summed E-state index contributed by atoms with van der Waals surface area (Å²) in [5.74, 6) is -19.9. The molecule has 1 saturated heterocycles. The van der Waals surface area contributed by atoms with Gasteiger partial charge < -0.3 is 112 Å². The molecule has 0 saturated carbocycles. The molecule has 0 unspecified atom stereocenters. The fourth-order valence-corrected chi connectivity index (χ4v) is 14.2. The van der Waals surface area contributed by atoms with Crippen LogP contribution in [-0.2, 0) is 96.0 Å². The van der Waals surface area contributed by atoms with E-state index in [2.05, 4.69) is 89.4 Å². The number of aromatic amines is 2. The van der Waals surface area contributed by atoms with Crippen molar-refractivity contribution in [2.24, 2.45) is 29.0 Å². The van der Waals surface area contributed by atoms with E-state index in [1.807, 2.05) is 6.07 Å². The van der Waals surface area contributed by atoms with Crippen molar-refractivity contribution in [1.82, 2.24) is 89.4 Å². The molecule has 1 aliphatic rings. The van der Waals surface area contributed by atoms with Crippen LogP contribution in [0, 0.1) is 17.2 Å². The first-order valence-electron chi connectivity index (χ1n) is 36.7. The molecule has 39 nitrogen and oxygen atoms in total. The zero-order valence-electron chi connectivity index (χ0n) is 63.9. The van der Waals surface area contributed by atoms with E-state index < -0.39 is 228 Å². The quantitative estimate of drug-likeness (QED) is 0.0115. The number of hydrogen-bond donors (Lipinski definition) is 22. The first kappa shape index (κ1) is 91.0. The van der Waals surface area contributed by atoms with Crippen LogP contribution in [0.5, 0.6) is 0 Å². The molecule has 25 N–H and O–H groups in total. The Morgan fingerprint density at radius 3 is 1.87 bits per heavy atom. The smallest absolute Gasteiger partial charge is 0.305 e. The summed E-state index contributed by atoms with van der Waals surface area (Å²) in [7, 11) is 1.65. The predicted molar refractivity (Wildman–Crippen MR) is 419 cm³/mol. The minimum absolute atomic E-state index is 0.00352. The third-order valence-electron chi connectivity index (χ3n) is 18.4. The number of hydrogen-bond acceptors (Lipinski definition) is 21. The van der Waals surface area contributed by atoms with Gasteiger partial charge >= 0.3 is 5.97 Å². The number of rotatable bonds is 25. The van der Waals surface area contributed by atoms with Crippen LogP contribution >= 0.6 is 21.6 Å². The Kier molecular flexibility index (Phi) is 35.4. The molecule has 0 aliphatic carbocycles. The maximum atomic E-state index is 15.1. The summed E-state index contributed by atoms with van der Waals surface area (Å²) in [6.45, 7) is 9.11. The molecule has 6 rings (SSSR count). The second-order valence-electron chi connectivity index (χ2n) is 27.8. The predicted octanol–water partition coefficient (Wildman–Crippen LogP) is -3.99.